The molecule has 2 aliphatic rings. The third-order valence-corrected chi connectivity index (χ3v) is 7.58. The molecule has 1 spiro atoms. The maximum Gasteiger partial charge on any atom is 0.253 e. The van der Waals surface area contributed by atoms with Gasteiger partial charge >= 0.3 is 0 Å². The van der Waals surface area contributed by atoms with E-state index in [1.807, 2.05) is 23.1 Å². The van der Waals surface area contributed by atoms with Gasteiger partial charge in [-0.05, 0) is 72.1 Å². The van der Waals surface area contributed by atoms with Crippen LogP contribution in [0.1, 0.15) is 28.9 Å². The number of thiophene rings is 1. The number of hydrogen-bond donors (Lipinski definition) is 1. The number of hydrogen-bond acceptors (Lipinski definition) is 4. The first kappa shape index (κ1) is 18.5. The number of nitrogens with one attached hydrogen (secondary N) is 1. The largest absolute Gasteiger partial charge is 0.497 e. The fourth-order valence-electron chi connectivity index (χ4n) is 5.01. The van der Waals surface area contributed by atoms with Gasteiger partial charge < -0.3 is 19.5 Å². The number of amides is 1. The number of rotatable bonds is 2. The summed E-state index contributed by atoms with van der Waals surface area (Å²) in [4.78, 5) is 15.2. The molecule has 0 atom stereocenters. The van der Waals surface area contributed by atoms with Crippen molar-refractivity contribution in [2.45, 2.75) is 18.4 Å². The molecule has 31 heavy (non-hydrogen) atoms. The quantitative estimate of drug-likeness (QED) is 0.473. The van der Waals surface area contributed by atoms with Crippen LogP contribution in [0.25, 0.3) is 15.8 Å². The summed E-state index contributed by atoms with van der Waals surface area (Å²) >= 11 is 1.70. The van der Waals surface area contributed by atoms with Gasteiger partial charge in [0.25, 0.3) is 5.91 Å². The normalized spacial score (nSPS) is 16.6. The van der Waals surface area contributed by atoms with Gasteiger partial charge in [0.05, 0.1) is 24.0 Å². The Morgan fingerprint density at radius 3 is 2.81 bits per heavy atom. The van der Waals surface area contributed by atoms with Crippen molar-refractivity contribution in [2.24, 2.45) is 0 Å². The number of ether oxygens (including phenoxy) is 1. The van der Waals surface area contributed by atoms with E-state index < -0.39 is 0 Å². The first-order valence-electron chi connectivity index (χ1n) is 10.6. The Bertz CT molecular complexity index is 1300. The average Bonchev–Trinajstić information content (AvgIpc) is 3.48. The first-order valence-corrected chi connectivity index (χ1v) is 11.5. The van der Waals surface area contributed by atoms with E-state index in [1.165, 1.54) is 10.4 Å². The van der Waals surface area contributed by atoms with Crippen molar-refractivity contribution in [3.63, 3.8) is 0 Å². The summed E-state index contributed by atoms with van der Waals surface area (Å²) in [7, 11) is 1.69. The molecule has 5 nitrogen and oxygen atoms in total. The van der Waals surface area contributed by atoms with Crippen LogP contribution >= 0.6 is 11.3 Å². The molecule has 1 saturated heterocycles. The molecule has 0 radical (unpaired) electrons. The number of carbonyl (C=O) groups is 1. The van der Waals surface area contributed by atoms with Crippen LogP contribution in [0.4, 0.5) is 5.69 Å². The molecule has 4 aromatic rings. The van der Waals surface area contributed by atoms with Crippen LogP contribution in [0.2, 0.25) is 0 Å². The highest BCUT2D eigenvalue weighted by Gasteiger charge is 2.42. The molecule has 1 N–H and O–H groups in total. The molecule has 0 bridgehead atoms. The molecule has 2 aliphatic heterocycles. The van der Waals surface area contributed by atoms with Crippen molar-refractivity contribution in [3.05, 3.63) is 77.4 Å². The zero-order valence-electron chi connectivity index (χ0n) is 17.3. The lowest BCUT2D eigenvalue weighted by molar-refractivity contribution is 0.0676. The van der Waals surface area contributed by atoms with Crippen LogP contribution in [0, 0.1) is 0 Å². The highest BCUT2D eigenvalue weighted by molar-refractivity contribution is 7.17. The average molecular weight is 430 g/mol. The van der Waals surface area contributed by atoms with Gasteiger partial charge in [0.1, 0.15) is 5.75 Å². The SMILES string of the molecule is COc1ccc2c(c1)NC1(CCN(C(=O)c3ccc4sccc4c3)CC1)c1cccn1-2. The minimum atomic E-state index is -0.184. The monoisotopic (exact) mass is 429 g/mol. The van der Waals surface area contributed by atoms with Gasteiger partial charge in [-0.3, -0.25) is 4.79 Å². The van der Waals surface area contributed by atoms with E-state index in [4.69, 9.17) is 4.74 Å². The summed E-state index contributed by atoms with van der Waals surface area (Å²) in [5.41, 5.74) is 4.06. The molecule has 1 amide bonds. The molecule has 4 heterocycles. The number of likely N-dealkylation sites (tertiary alicyclic amines) is 1. The van der Waals surface area contributed by atoms with Crippen molar-refractivity contribution in [3.8, 4) is 11.4 Å². The zero-order chi connectivity index (χ0) is 21.0. The molecule has 6 heteroatoms. The number of methoxy groups -OCH3 is 1. The number of anilines is 1. The Kier molecular flexibility index (Phi) is 4.11. The summed E-state index contributed by atoms with van der Waals surface area (Å²) in [6, 6.07) is 18.6. The van der Waals surface area contributed by atoms with E-state index in [1.54, 1.807) is 18.4 Å². The molecule has 0 saturated carbocycles. The third kappa shape index (κ3) is 2.86. The standard InChI is InChI=1S/C25H23N3O2S/c1-30-19-5-6-21-20(16-19)26-25(23-3-2-11-28(21)23)9-12-27(13-10-25)24(29)18-4-7-22-17(15-18)8-14-31-22/h2-8,11,14-16,26H,9-10,12-13H2,1H3. The summed E-state index contributed by atoms with van der Waals surface area (Å²) in [5.74, 6) is 0.963. The minimum Gasteiger partial charge on any atom is -0.497 e. The number of benzene rings is 2. The van der Waals surface area contributed by atoms with E-state index in [2.05, 4.69) is 57.9 Å². The molecular formula is C25H23N3O2S. The predicted molar refractivity (Wildman–Crippen MR) is 125 cm³/mol. The van der Waals surface area contributed by atoms with Gasteiger partial charge in [0.15, 0.2) is 0 Å². The Morgan fingerprint density at radius 2 is 1.97 bits per heavy atom. The number of nitrogens with zero attached hydrogens (tertiary/aromatic N) is 2. The van der Waals surface area contributed by atoms with Gasteiger partial charge in [-0.1, -0.05) is 0 Å². The molecule has 2 aromatic heterocycles. The summed E-state index contributed by atoms with van der Waals surface area (Å²) in [6.45, 7) is 1.44. The first-order chi connectivity index (χ1) is 15.2. The lowest BCUT2D eigenvalue weighted by Crippen LogP contribution is -2.51. The Morgan fingerprint density at radius 1 is 1.10 bits per heavy atom. The summed E-state index contributed by atoms with van der Waals surface area (Å²) in [6.07, 6.45) is 3.84. The second kappa shape index (κ2) is 6.89. The molecule has 0 aliphatic carbocycles. The van der Waals surface area contributed by atoms with Crippen LogP contribution in [0.15, 0.2) is 66.2 Å². The van der Waals surface area contributed by atoms with Gasteiger partial charge in [-0.15, -0.1) is 11.3 Å². The van der Waals surface area contributed by atoms with Crippen LogP contribution in [-0.2, 0) is 5.54 Å². The lowest BCUT2D eigenvalue weighted by atomic mass is 9.82. The van der Waals surface area contributed by atoms with Gasteiger partial charge in [0.2, 0.25) is 0 Å². The van der Waals surface area contributed by atoms with Crippen molar-refractivity contribution in [2.75, 3.05) is 25.5 Å². The molecule has 6 rings (SSSR count). The lowest BCUT2D eigenvalue weighted by Gasteiger charge is -2.46. The molecule has 156 valence electrons. The number of carbonyl (C=O) groups excluding carboxylic acids is 1. The van der Waals surface area contributed by atoms with Gasteiger partial charge in [-0.2, -0.15) is 0 Å². The fraction of sp³-hybridized carbons (Fsp3) is 0.240. The van der Waals surface area contributed by atoms with Crippen LogP contribution < -0.4 is 10.1 Å². The van der Waals surface area contributed by atoms with E-state index in [0.29, 0.717) is 0 Å². The third-order valence-electron chi connectivity index (χ3n) is 6.68. The maximum absolute atomic E-state index is 13.2. The molecule has 1 fully saturated rings. The molecular weight excluding hydrogens is 406 g/mol. The number of fused-ring (bicyclic) bond motifs is 5. The fourth-order valence-corrected chi connectivity index (χ4v) is 5.78. The molecule has 0 unspecified atom stereocenters. The highest BCUT2D eigenvalue weighted by Crippen LogP contribution is 2.44. The van der Waals surface area contributed by atoms with Crippen molar-refractivity contribution in [1.29, 1.82) is 0 Å². The second-order valence-corrected chi connectivity index (χ2v) is 9.27. The second-order valence-electron chi connectivity index (χ2n) is 8.32. The molecule has 2 aromatic carbocycles. The van der Waals surface area contributed by atoms with Crippen molar-refractivity contribution < 1.29 is 9.53 Å². The maximum atomic E-state index is 13.2. The van der Waals surface area contributed by atoms with Crippen molar-refractivity contribution in [1.82, 2.24) is 9.47 Å². The van der Waals surface area contributed by atoms with E-state index in [0.717, 1.165) is 54.0 Å². The van der Waals surface area contributed by atoms with Gasteiger partial charge in [-0.25, -0.2) is 0 Å². The minimum absolute atomic E-state index is 0.121. The van der Waals surface area contributed by atoms with Crippen LogP contribution in [-0.4, -0.2) is 35.6 Å². The van der Waals surface area contributed by atoms with E-state index in [9.17, 15) is 4.79 Å². The predicted octanol–water partition coefficient (Wildman–Crippen LogP) is 5.26. The topological polar surface area (TPSA) is 46.5 Å². The highest BCUT2D eigenvalue weighted by atomic mass is 32.1. The van der Waals surface area contributed by atoms with E-state index >= 15 is 0 Å². The zero-order valence-corrected chi connectivity index (χ0v) is 18.1. The van der Waals surface area contributed by atoms with E-state index in [-0.39, 0.29) is 11.4 Å². The van der Waals surface area contributed by atoms with Crippen LogP contribution in [0.3, 0.4) is 0 Å². The Balaban J connectivity index is 1.28. The number of piperidine rings is 1. The van der Waals surface area contributed by atoms with Crippen molar-refractivity contribution >= 4 is 33.0 Å². The van der Waals surface area contributed by atoms with Gasteiger partial charge in [0, 0.05) is 41.3 Å². The summed E-state index contributed by atoms with van der Waals surface area (Å²) in [5, 5.41) is 7.02. The Hall–Kier alpha value is -3.25. The van der Waals surface area contributed by atoms with Crippen LogP contribution in [0.5, 0.6) is 5.75 Å². The Labute approximate surface area is 184 Å². The number of aromatic nitrogens is 1. The summed E-state index contributed by atoms with van der Waals surface area (Å²) < 4.78 is 8.94. The smallest absolute Gasteiger partial charge is 0.253 e.